The summed E-state index contributed by atoms with van der Waals surface area (Å²) >= 11 is 0. The lowest BCUT2D eigenvalue weighted by atomic mass is 10.1. The van der Waals surface area contributed by atoms with E-state index in [-0.39, 0.29) is 23.1 Å². The molecule has 0 aliphatic rings. The van der Waals surface area contributed by atoms with Crippen LogP contribution in [0.4, 0.5) is 11.4 Å². The van der Waals surface area contributed by atoms with Crippen molar-refractivity contribution in [2.45, 2.75) is 26.3 Å². The standard InChI is InChI=1S/C23H23N3O4/c1-23(2,3)26-21(28)15-9-11-17(12-10-15)24-20(27)16-6-4-7-18(14-16)25-22(29)19-8-5-13-30-19/h4-14H,1-3H3,(H,24,27)(H,25,29)(H,26,28). The molecule has 1 heterocycles. The molecular weight excluding hydrogens is 382 g/mol. The zero-order chi connectivity index (χ0) is 21.7. The van der Waals surface area contributed by atoms with Crippen LogP contribution in [0.15, 0.2) is 71.3 Å². The maximum Gasteiger partial charge on any atom is 0.291 e. The summed E-state index contributed by atoms with van der Waals surface area (Å²) in [5.74, 6) is -0.738. The minimum Gasteiger partial charge on any atom is -0.459 e. The Morgan fingerprint density at radius 2 is 1.43 bits per heavy atom. The molecule has 30 heavy (non-hydrogen) atoms. The van der Waals surface area contributed by atoms with E-state index in [1.54, 1.807) is 60.7 Å². The zero-order valence-corrected chi connectivity index (χ0v) is 17.0. The number of amides is 3. The minimum atomic E-state index is -0.401. The molecule has 3 rings (SSSR count). The van der Waals surface area contributed by atoms with Gasteiger partial charge in [0.05, 0.1) is 6.26 Å². The van der Waals surface area contributed by atoms with Gasteiger partial charge in [-0.2, -0.15) is 0 Å². The van der Waals surface area contributed by atoms with Crippen LogP contribution in [0.1, 0.15) is 52.0 Å². The van der Waals surface area contributed by atoms with Crippen molar-refractivity contribution in [3.63, 3.8) is 0 Å². The summed E-state index contributed by atoms with van der Waals surface area (Å²) in [6.45, 7) is 5.72. The Kier molecular flexibility index (Phi) is 6.01. The maximum absolute atomic E-state index is 12.6. The highest BCUT2D eigenvalue weighted by Gasteiger charge is 2.15. The second-order valence-corrected chi connectivity index (χ2v) is 7.75. The molecule has 0 bridgehead atoms. The van der Waals surface area contributed by atoms with Crippen molar-refractivity contribution >= 4 is 29.1 Å². The first-order valence-electron chi connectivity index (χ1n) is 9.40. The fourth-order valence-corrected chi connectivity index (χ4v) is 2.66. The number of benzene rings is 2. The quantitative estimate of drug-likeness (QED) is 0.589. The van der Waals surface area contributed by atoms with Crippen molar-refractivity contribution in [2.24, 2.45) is 0 Å². The third-order valence-corrected chi connectivity index (χ3v) is 4.02. The lowest BCUT2D eigenvalue weighted by Gasteiger charge is -2.20. The van der Waals surface area contributed by atoms with Gasteiger partial charge in [0.1, 0.15) is 0 Å². The van der Waals surface area contributed by atoms with E-state index in [0.29, 0.717) is 22.5 Å². The van der Waals surface area contributed by atoms with Crippen molar-refractivity contribution in [1.82, 2.24) is 5.32 Å². The first-order valence-corrected chi connectivity index (χ1v) is 9.40. The van der Waals surface area contributed by atoms with Crippen molar-refractivity contribution in [3.05, 3.63) is 83.8 Å². The molecule has 2 aromatic carbocycles. The summed E-state index contributed by atoms with van der Waals surface area (Å²) < 4.78 is 5.06. The van der Waals surface area contributed by atoms with Crippen LogP contribution in [-0.4, -0.2) is 23.3 Å². The highest BCUT2D eigenvalue weighted by atomic mass is 16.3. The second kappa shape index (κ2) is 8.65. The highest BCUT2D eigenvalue weighted by molar-refractivity contribution is 6.07. The normalized spacial score (nSPS) is 10.9. The van der Waals surface area contributed by atoms with Crippen LogP contribution in [-0.2, 0) is 0 Å². The van der Waals surface area contributed by atoms with Gasteiger partial charge in [-0.25, -0.2) is 0 Å². The fourth-order valence-electron chi connectivity index (χ4n) is 2.66. The van der Waals surface area contributed by atoms with Crippen molar-refractivity contribution in [1.29, 1.82) is 0 Å². The molecule has 0 saturated carbocycles. The van der Waals surface area contributed by atoms with E-state index in [0.717, 1.165) is 0 Å². The van der Waals surface area contributed by atoms with Crippen LogP contribution in [0.2, 0.25) is 0 Å². The van der Waals surface area contributed by atoms with Crippen LogP contribution in [0.3, 0.4) is 0 Å². The lowest BCUT2D eigenvalue weighted by Crippen LogP contribution is -2.40. The third kappa shape index (κ3) is 5.57. The van der Waals surface area contributed by atoms with Gasteiger partial charge in [0.25, 0.3) is 17.7 Å². The average Bonchev–Trinajstić information content (AvgIpc) is 3.22. The molecule has 0 radical (unpaired) electrons. The lowest BCUT2D eigenvalue weighted by molar-refractivity contribution is 0.0918. The largest absolute Gasteiger partial charge is 0.459 e. The fraction of sp³-hybridized carbons (Fsp3) is 0.174. The van der Waals surface area contributed by atoms with E-state index in [1.165, 1.54) is 6.26 Å². The van der Waals surface area contributed by atoms with Gasteiger partial charge < -0.3 is 20.4 Å². The van der Waals surface area contributed by atoms with Gasteiger partial charge in [0.2, 0.25) is 0 Å². The zero-order valence-electron chi connectivity index (χ0n) is 17.0. The topological polar surface area (TPSA) is 100 Å². The Labute approximate surface area is 174 Å². The van der Waals surface area contributed by atoms with Crippen molar-refractivity contribution < 1.29 is 18.8 Å². The van der Waals surface area contributed by atoms with E-state index in [4.69, 9.17) is 4.42 Å². The first-order chi connectivity index (χ1) is 14.2. The number of anilines is 2. The van der Waals surface area contributed by atoms with Crippen LogP contribution < -0.4 is 16.0 Å². The summed E-state index contributed by atoms with van der Waals surface area (Å²) in [5, 5.41) is 8.35. The smallest absolute Gasteiger partial charge is 0.291 e. The highest BCUT2D eigenvalue weighted by Crippen LogP contribution is 2.16. The first kappa shape index (κ1) is 20.9. The molecule has 0 saturated heterocycles. The molecule has 0 aliphatic carbocycles. The SMILES string of the molecule is CC(C)(C)NC(=O)c1ccc(NC(=O)c2cccc(NC(=O)c3ccco3)c2)cc1. The number of hydrogen-bond donors (Lipinski definition) is 3. The van der Waals surface area contributed by atoms with Gasteiger partial charge in [-0.15, -0.1) is 0 Å². The molecule has 0 unspecified atom stereocenters. The predicted octanol–water partition coefficient (Wildman–Crippen LogP) is 4.31. The molecule has 3 N–H and O–H groups in total. The summed E-state index contributed by atoms with van der Waals surface area (Å²) in [6, 6.07) is 16.4. The molecule has 7 nitrogen and oxygen atoms in total. The summed E-state index contributed by atoms with van der Waals surface area (Å²) in [7, 11) is 0. The molecule has 7 heteroatoms. The molecule has 154 valence electrons. The van der Waals surface area contributed by atoms with E-state index >= 15 is 0 Å². The van der Waals surface area contributed by atoms with Gasteiger partial charge in [-0.3, -0.25) is 14.4 Å². The average molecular weight is 405 g/mol. The Morgan fingerprint density at radius 1 is 0.733 bits per heavy atom. The van der Waals surface area contributed by atoms with E-state index in [9.17, 15) is 14.4 Å². The van der Waals surface area contributed by atoms with E-state index in [2.05, 4.69) is 16.0 Å². The molecule has 0 atom stereocenters. The summed E-state index contributed by atoms with van der Waals surface area (Å²) in [4.78, 5) is 36.8. The van der Waals surface area contributed by atoms with Crippen LogP contribution in [0, 0.1) is 0 Å². The van der Waals surface area contributed by atoms with Gasteiger partial charge in [-0.05, 0) is 75.4 Å². The van der Waals surface area contributed by atoms with Gasteiger partial charge >= 0.3 is 0 Å². The molecule has 1 aromatic heterocycles. The molecular formula is C23H23N3O4. The number of carbonyl (C=O) groups is 3. The van der Waals surface area contributed by atoms with E-state index < -0.39 is 5.91 Å². The molecule has 0 aliphatic heterocycles. The number of nitrogens with one attached hydrogen (secondary N) is 3. The second-order valence-electron chi connectivity index (χ2n) is 7.75. The van der Waals surface area contributed by atoms with E-state index in [1.807, 2.05) is 20.8 Å². The monoisotopic (exact) mass is 405 g/mol. The number of hydrogen-bond acceptors (Lipinski definition) is 4. The molecule has 3 aromatic rings. The Bertz CT molecular complexity index is 1050. The van der Waals surface area contributed by atoms with Gasteiger partial charge in [0, 0.05) is 28.0 Å². The number of rotatable bonds is 5. The summed E-state index contributed by atoms with van der Waals surface area (Å²) in [5.41, 5.74) is 1.57. The Morgan fingerprint density at radius 3 is 2.07 bits per heavy atom. The molecule has 0 spiro atoms. The molecule has 0 fully saturated rings. The third-order valence-electron chi connectivity index (χ3n) is 4.02. The minimum absolute atomic E-state index is 0.180. The van der Waals surface area contributed by atoms with Crippen LogP contribution in [0.5, 0.6) is 0 Å². The number of carbonyl (C=O) groups excluding carboxylic acids is 3. The Balaban J connectivity index is 1.64. The summed E-state index contributed by atoms with van der Waals surface area (Å²) in [6.07, 6.45) is 1.41. The van der Waals surface area contributed by atoms with Crippen LogP contribution in [0.25, 0.3) is 0 Å². The van der Waals surface area contributed by atoms with Gasteiger partial charge in [0.15, 0.2) is 5.76 Å². The molecule has 3 amide bonds. The Hall–Kier alpha value is -3.87. The van der Waals surface area contributed by atoms with Gasteiger partial charge in [-0.1, -0.05) is 6.07 Å². The van der Waals surface area contributed by atoms with Crippen LogP contribution >= 0.6 is 0 Å². The van der Waals surface area contributed by atoms with Crippen molar-refractivity contribution in [3.8, 4) is 0 Å². The van der Waals surface area contributed by atoms with Crippen molar-refractivity contribution in [2.75, 3.05) is 10.6 Å². The maximum atomic E-state index is 12.6. The number of furan rings is 1. The predicted molar refractivity (Wildman–Crippen MR) is 115 cm³/mol.